The van der Waals surface area contributed by atoms with Gasteiger partial charge in [-0.3, -0.25) is 0 Å². The van der Waals surface area contributed by atoms with Gasteiger partial charge in [-0.15, -0.1) is 0 Å². The van der Waals surface area contributed by atoms with E-state index in [1.807, 2.05) is 36.4 Å². The molecule has 0 aliphatic carbocycles. The molecule has 26 heavy (non-hydrogen) atoms. The second kappa shape index (κ2) is 10.7. The lowest BCUT2D eigenvalue weighted by Gasteiger charge is -2.28. The van der Waals surface area contributed by atoms with Crippen LogP contribution in [0.4, 0.5) is 0 Å². The molecule has 4 heteroatoms. The molecule has 2 nitrogen and oxygen atoms in total. The molecule has 0 saturated heterocycles. The molecule has 0 bridgehead atoms. The quantitative estimate of drug-likeness (QED) is 0.338. The van der Waals surface area contributed by atoms with E-state index >= 15 is 0 Å². The van der Waals surface area contributed by atoms with Gasteiger partial charge in [0.05, 0.1) is 0 Å². The number of hydrogen-bond donors (Lipinski definition) is 0. The Kier molecular flexibility index (Phi) is 8.64. The highest BCUT2D eigenvalue weighted by Crippen LogP contribution is 2.36. The molecule has 2 aromatic carbocycles. The van der Waals surface area contributed by atoms with Crippen LogP contribution in [0.15, 0.2) is 48.5 Å². The molecule has 0 amide bonds. The van der Waals surface area contributed by atoms with Crippen LogP contribution in [0, 0.1) is 0 Å². The number of halogens is 2. The van der Waals surface area contributed by atoms with Gasteiger partial charge >= 0.3 is 0 Å². The Morgan fingerprint density at radius 1 is 0.885 bits per heavy atom. The molecular weight excluding hydrogens is 365 g/mol. The van der Waals surface area contributed by atoms with Crippen LogP contribution in [0.1, 0.15) is 55.2 Å². The first-order valence-corrected chi connectivity index (χ1v) is 9.89. The molecule has 0 aliphatic rings. The minimum absolute atomic E-state index is 0.250. The zero-order chi connectivity index (χ0) is 18.9. The zero-order valence-corrected chi connectivity index (χ0v) is 17.0. The lowest BCUT2D eigenvalue weighted by molar-refractivity contribution is -0.107. The normalized spacial score (nSPS) is 13.6. The number of benzene rings is 2. The Bertz CT molecular complexity index is 702. The van der Waals surface area contributed by atoms with E-state index < -0.39 is 0 Å². The van der Waals surface area contributed by atoms with Crippen LogP contribution in [0.2, 0.25) is 10.0 Å². The predicted octanol–water partition coefficient (Wildman–Crippen LogP) is 6.53. The molecule has 0 aliphatic heterocycles. The first kappa shape index (κ1) is 21.0. The van der Waals surface area contributed by atoms with Gasteiger partial charge in [0.25, 0.3) is 0 Å². The molecule has 2 rings (SSSR count). The van der Waals surface area contributed by atoms with Crippen molar-refractivity contribution >= 4 is 29.5 Å². The number of carbonyl (C=O) groups is 1. The Labute approximate surface area is 167 Å². The molecule has 0 N–H and O–H groups in total. The fraction of sp³-hybridized carbons (Fsp3) is 0.409. The van der Waals surface area contributed by atoms with E-state index in [0.29, 0.717) is 12.3 Å². The minimum Gasteiger partial charge on any atom is -0.303 e. The second-order valence-electron chi connectivity index (χ2n) is 6.89. The van der Waals surface area contributed by atoms with Gasteiger partial charge in [-0.05, 0) is 69.0 Å². The van der Waals surface area contributed by atoms with Crippen LogP contribution in [0.3, 0.4) is 0 Å². The Morgan fingerprint density at radius 3 is 2.00 bits per heavy atom. The molecule has 2 atom stereocenters. The van der Waals surface area contributed by atoms with Crippen LogP contribution in [-0.4, -0.2) is 25.3 Å². The molecule has 0 radical (unpaired) electrons. The van der Waals surface area contributed by atoms with Gasteiger partial charge in [-0.1, -0.05) is 59.6 Å². The van der Waals surface area contributed by atoms with Crippen LogP contribution in [0.25, 0.3) is 0 Å². The van der Waals surface area contributed by atoms with Crippen LogP contribution in [0.5, 0.6) is 0 Å². The third-order valence-electron chi connectivity index (χ3n) is 4.90. The fourth-order valence-corrected chi connectivity index (χ4v) is 4.06. The van der Waals surface area contributed by atoms with Crippen molar-refractivity contribution in [1.29, 1.82) is 0 Å². The average Bonchev–Trinajstić information content (AvgIpc) is 2.62. The molecule has 0 fully saturated rings. The first-order chi connectivity index (χ1) is 12.5. The van der Waals surface area contributed by atoms with Crippen LogP contribution in [-0.2, 0) is 4.79 Å². The van der Waals surface area contributed by atoms with Gasteiger partial charge < -0.3 is 9.69 Å². The Hall–Kier alpha value is -1.35. The summed E-state index contributed by atoms with van der Waals surface area (Å²) in [5.41, 5.74) is 2.33. The summed E-state index contributed by atoms with van der Waals surface area (Å²) >= 11 is 12.9. The number of rotatable bonds is 10. The van der Waals surface area contributed by atoms with Crippen molar-refractivity contribution in [2.24, 2.45) is 0 Å². The van der Waals surface area contributed by atoms with Crippen molar-refractivity contribution in [3.05, 3.63) is 69.7 Å². The van der Waals surface area contributed by atoms with Crippen molar-refractivity contribution in [2.75, 3.05) is 14.1 Å². The SMILES string of the molecule is CN(C)C(CCC(CCCC=O)c1ccccc1Cl)c1ccccc1Cl. The molecular formula is C22H27Cl2NO. The van der Waals surface area contributed by atoms with Crippen LogP contribution >= 0.6 is 23.2 Å². The second-order valence-corrected chi connectivity index (χ2v) is 7.71. The summed E-state index contributed by atoms with van der Waals surface area (Å²) in [5.74, 6) is 0.341. The van der Waals surface area contributed by atoms with Gasteiger partial charge in [0.15, 0.2) is 0 Å². The van der Waals surface area contributed by atoms with Gasteiger partial charge in [0.2, 0.25) is 0 Å². The molecule has 2 aromatic rings. The third kappa shape index (κ3) is 5.84. The van der Waals surface area contributed by atoms with Crippen molar-refractivity contribution in [1.82, 2.24) is 4.90 Å². The molecule has 0 heterocycles. The standard InChI is InChI=1S/C22H27Cl2NO/c1-25(2)22(19-11-4-6-13-21(19)24)15-14-17(9-7-8-16-26)18-10-3-5-12-20(18)23/h3-6,10-13,16-17,22H,7-9,14-15H2,1-2H3. The lowest BCUT2D eigenvalue weighted by atomic mass is 9.86. The van der Waals surface area contributed by atoms with E-state index in [4.69, 9.17) is 23.2 Å². The van der Waals surface area contributed by atoms with Crippen molar-refractivity contribution in [2.45, 2.75) is 44.1 Å². The lowest BCUT2D eigenvalue weighted by Crippen LogP contribution is -2.21. The maximum absolute atomic E-state index is 10.7. The highest BCUT2D eigenvalue weighted by Gasteiger charge is 2.21. The number of hydrogen-bond acceptors (Lipinski definition) is 2. The summed E-state index contributed by atoms with van der Waals surface area (Å²) in [7, 11) is 4.18. The monoisotopic (exact) mass is 391 g/mol. The summed E-state index contributed by atoms with van der Waals surface area (Å²) in [6.45, 7) is 0. The maximum Gasteiger partial charge on any atom is 0.119 e. The van der Waals surface area contributed by atoms with Gasteiger partial charge in [0.1, 0.15) is 6.29 Å². The van der Waals surface area contributed by atoms with Gasteiger partial charge in [-0.25, -0.2) is 0 Å². The van der Waals surface area contributed by atoms with E-state index in [0.717, 1.165) is 47.6 Å². The summed E-state index contributed by atoms with van der Waals surface area (Å²) in [4.78, 5) is 12.9. The topological polar surface area (TPSA) is 20.3 Å². The molecule has 0 saturated carbocycles. The van der Waals surface area contributed by atoms with Crippen molar-refractivity contribution in [3.63, 3.8) is 0 Å². The largest absolute Gasteiger partial charge is 0.303 e. The zero-order valence-electron chi connectivity index (χ0n) is 15.5. The smallest absolute Gasteiger partial charge is 0.119 e. The van der Waals surface area contributed by atoms with E-state index in [1.165, 1.54) is 5.56 Å². The first-order valence-electron chi connectivity index (χ1n) is 9.13. The third-order valence-corrected chi connectivity index (χ3v) is 5.58. The molecule has 140 valence electrons. The van der Waals surface area contributed by atoms with E-state index in [-0.39, 0.29) is 6.04 Å². The van der Waals surface area contributed by atoms with Gasteiger partial charge in [0, 0.05) is 22.5 Å². The number of aldehydes is 1. The molecule has 0 aromatic heterocycles. The summed E-state index contributed by atoms with van der Waals surface area (Å²) in [6, 6.07) is 16.3. The minimum atomic E-state index is 0.250. The maximum atomic E-state index is 10.7. The van der Waals surface area contributed by atoms with E-state index in [1.54, 1.807) is 0 Å². The van der Waals surface area contributed by atoms with Crippen molar-refractivity contribution in [3.8, 4) is 0 Å². The predicted molar refractivity (Wildman–Crippen MR) is 111 cm³/mol. The number of unbranched alkanes of at least 4 members (excludes halogenated alkanes) is 1. The molecule has 2 unspecified atom stereocenters. The van der Waals surface area contributed by atoms with Crippen LogP contribution < -0.4 is 0 Å². The molecule has 0 spiro atoms. The highest BCUT2D eigenvalue weighted by atomic mass is 35.5. The average molecular weight is 392 g/mol. The van der Waals surface area contributed by atoms with E-state index in [2.05, 4.69) is 31.1 Å². The Morgan fingerprint density at radius 2 is 1.46 bits per heavy atom. The number of carbonyl (C=O) groups excluding carboxylic acids is 1. The summed E-state index contributed by atoms with van der Waals surface area (Å²) < 4.78 is 0. The van der Waals surface area contributed by atoms with Gasteiger partial charge in [-0.2, -0.15) is 0 Å². The number of nitrogens with zero attached hydrogens (tertiary/aromatic N) is 1. The fourth-order valence-electron chi connectivity index (χ4n) is 3.51. The van der Waals surface area contributed by atoms with E-state index in [9.17, 15) is 4.79 Å². The van der Waals surface area contributed by atoms with Crippen molar-refractivity contribution < 1.29 is 4.79 Å². The summed E-state index contributed by atoms with van der Waals surface area (Å²) in [5, 5.41) is 1.61. The summed E-state index contributed by atoms with van der Waals surface area (Å²) in [6.07, 6.45) is 5.42. The highest BCUT2D eigenvalue weighted by molar-refractivity contribution is 6.31. The Balaban J connectivity index is 2.17.